The van der Waals surface area contributed by atoms with Gasteiger partial charge in [-0.1, -0.05) is 24.3 Å². The van der Waals surface area contributed by atoms with Gasteiger partial charge in [0.25, 0.3) is 0 Å². The zero-order valence-electron chi connectivity index (χ0n) is 18.9. The molecule has 1 heterocycles. The third kappa shape index (κ3) is 5.81. The number of nitrogens with one attached hydrogen (secondary N) is 2. The van der Waals surface area contributed by atoms with Crippen molar-refractivity contribution in [2.24, 2.45) is 11.8 Å². The first-order chi connectivity index (χ1) is 15.8. The van der Waals surface area contributed by atoms with E-state index in [-0.39, 0.29) is 28.5 Å². The third-order valence-corrected chi connectivity index (χ3v) is 8.12. The van der Waals surface area contributed by atoms with Crippen molar-refractivity contribution in [2.45, 2.75) is 50.5 Å². The number of hydrogen-bond acceptors (Lipinski definition) is 4. The number of carbonyl (C=O) groups is 2. The van der Waals surface area contributed by atoms with E-state index in [1.807, 2.05) is 17.0 Å². The van der Waals surface area contributed by atoms with E-state index in [2.05, 4.69) is 22.2 Å². The Balaban J connectivity index is 1.25. The van der Waals surface area contributed by atoms with Gasteiger partial charge in [-0.15, -0.1) is 0 Å². The zero-order chi connectivity index (χ0) is 23.4. The average Bonchev–Trinajstić information content (AvgIpc) is 2.82. The molecule has 2 N–H and O–H groups in total. The van der Waals surface area contributed by atoms with Crippen LogP contribution in [0.4, 0.5) is 5.69 Å². The summed E-state index contributed by atoms with van der Waals surface area (Å²) in [6, 6.07) is 14.4. The van der Waals surface area contributed by atoms with E-state index in [9.17, 15) is 18.0 Å². The van der Waals surface area contributed by atoms with Crippen molar-refractivity contribution in [3.8, 4) is 0 Å². The van der Waals surface area contributed by atoms with Crippen LogP contribution >= 0.6 is 0 Å². The van der Waals surface area contributed by atoms with Gasteiger partial charge in [0.1, 0.15) is 0 Å². The zero-order valence-corrected chi connectivity index (χ0v) is 19.7. The monoisotopic (exact) mass is 469 g/mol. The van der Waals surface area contributed by atoms with Gasteiger partial charge in [-0.2, -0.15) is 0 Å². The molecule has 8 heteroatoms. The molecule has 2 aromatic carbocycles. The van der Waals surface area contributed by atoms with E-state index in [1.165, 1.54) is 30.2 Å². The molecular formula is C25H31N3O4S. The van der Waals surface area contributed by atoms with Gasteiger partial charge in [-0.05, 0) is 73.4 Å². The first-order valence-electron chi connectivity index (χ1n) is 11.5. The van der Waals surface area contributed by atoms with Gasteiger partial charge in [0.2, 0.25) is 21.8 Å². The fourth-order valence-electron chi connectivity index (χ4n) is 4.79. The summed E-state index contributed by atoms with van der Waals surface area (Å²) in [7, 11) is -3.62. The summed E-state index contributed by atoms with van der Waals surface area (Å²) in [6.07, 6.45) is 4.18. The number of carbonyl (C=O) groups excluding carboxylic acids is 2. The van der Waals surface area contributed by atoms with Gasteiger partial charge in [0.05, 0.1) is 4.90 Å². The number of hydrogen-bond donors (Lipinski definition) is 2. The molecule has 0 aromatic heterocycles. The lowest BCUT2D eigenvalue weighted by molar-refractivity contribution is -0.137. The highest BCUT2D eigenvalue weighted by Crippen LogP contribution is 2.31. The average molecular weight is 470 g/mol. The summed E-state index contributed by atoms with van der Waals surface area (Å²) >= 11 is 0. The lowest BCUT2D eigenvalue weighted by Crippen LogP contribution is -2.41. The standard InChI is InChI=1S/C25H31N3O4S/c1-18(29)27-23-10-12-24(13-11-23)33(31,32)26-16-19-6-8-21(9-7-19)25(30)28-15-14-20-4-2-3-5-22(20)17-28/h2-5,10-13,19,21,26H,6-9,14-17H2,1H3,(H,27,29). The SMILES string of the molecule is CC(=O)Nc1ccc(S(=O)(=O)NCC2CCC(C(=O)N3CCc4ccccc4C3)CC2)cc1. The second kappa shape index (κ2) is 10.1. The van der Waals surface area contributed by atoms with Gasteiger partial charge in [-0.3, -0.25) is 9.59 Å². The number of fused-ring (bicyclic) bond motifs is 1. The Morgan fingerprint density at radius 3 is 2.30 bits per heavy atom. The maximum Gasteiger partial charge on any atom is 0.240 e. The predicted molar refractivity (Wildman–Crippen MR) is 127 cm³/mol. The largest absolute Gasteiger partial charge is 0.338 e. The van der Waals surface area contributed by atoms with Gasteiger partial charge in [-0.25, -0.2) is 13.1 Å². The van der Waals surface area contributed by atoms with E-state index in [4.69, 9.17) is 0 Å². The van der Waals surface area contributed by atoms with Crippen LogP contribution in [0.25, 0.3) is 0 Å². The van der Waals surface area contributed by atoms with Crippen molar-refractivity contribution in [1.29, 1.82) is 0 Å². The fourth-order valence-corrected chi connectivity index (χ4v) is 5.90. The van der Waals surface area contributed by atoms with Gasteiger partial charge < -0.3 is 10.2 Å². The molecule has 0 atom stereocenters. The predicted octanol–water partition coefficient (Wildman–Crippen LogP) is 3.31. The fraction of sp³-hybridized carbons (Fsp3) is 0.440. The van der Waals surface area contributed by atoms with Crippen LogP contribution in [0.5, 0.6) is 0 Å². The van der Waals surface area contributed by atoms with Crippen molar-refractivity contribution < 1.29 is 18.0 Å². The Labute approximate surface area is 195 Å². The normalized spacial score (nSPS) is 20.7. The van der Waals surface area contributed by atoms with Crippen LogP contribution in [0.3, 0.4) is 0 Å². The van der Waals surface area contributed by atoms with Crippen LogP contribution in [0.15, 0.2) is 53.4 Å². The molecule has 33 heavy (non-hydrogen) atoms. The Kier molecular flexibility index (Phi) is 7.14. The van der Waals surface area contributed by atoms with Crippen molar-refractivity contribution in [1.82, 2.24) is 9.62 Å². The van der Waals surface area contributed by atoms with E-state index >= 15 is 0 Å². The highest BCUT2D eigenvalue weighted by molar-refractivity contribution is 7.89. The molecule has 4 rings (SSSR count). The number of amides is 2. The highest BCUT2D eigenvalue weighted by Gasteiger charge is 2.31. The highest BCUT2D eigenvalue weighted by atomic mass is 32.2. The summed E-state index contributed by atoms with van der Waals surface area (Å²) in [6.45, 7) is 3.24. The first kappa shape index (κ1) is 23.4. The lowest BCUT2D eigenvalue weighted by atomic mass is 9.81. The lowest BCUT2D eigenvalue weighted by Gasteiger charge is -2.34. The minimum absolute atomic E-state index is 0.0319. The second-order valence-electron chi connectivity index (χ2n) is 9.05. The van der Waals surface area contributed by atoms with E-state index in [1.54, 1.807) is 12.1 Å². The molecule has 176 valence electrons. The van der Waals surface area contributed by atoms with E-state index in [0.717, 1.165) is 38.6 Å². The van der Waals surface area contributed by atoms with Crippen LogP contribution in [0.1, 0.15) is 43.7 Å². The molecule has 7 nitrogen and oxygen atoms in total. The Morgan fingerprint density at radius 2 is 1.64 bits per heavy atom. The van der Waals surface area contributed by atoms with Crippen LogP contribution in [-0.2, 0) is 32.6 Å². The molecule has 0 bridgehead atoms. The third-order valence-electron chi connectivity index (χ3n) is 6.69. The summed E-state index contributed by atoms with van der Waals surface area (Å²) in [5.74, 6) is 0.291. The van der Waals surface area contributed by atoms with Crippen LogP contribution in [-0.4, -0.2) is 38.2 Å². The smallest absolute Gasteiger partial charge is 0.240 e. The summed E-state index contributed by atoms with van der Waals surface area (Å²) in [5, 5.41) is 2.62. The maximum absolute atomic E-state index is 13.1. The minimum Gasteiger partial charge on any atom is -0.338 e. The molecule has 0 unspecified atom stereocenters. The Bertz CT molecular complexity index is 1110. The number of nitrogens with zero attached hydrogens (tertiary/aromatic N) is 1. The minimum atomic E-state index is -3.62. The number of benzene rings is 2. The number of anilines is 1. The second-order valence-corrected chi connectivity index (χ2v) is 10.8. The topological polar surface area (TPSA) is 95.6 Å². The van der Waals surface area contributed by atoms with Gasteiger partial charge in [0, 0.05) is 38.2 Å². The van der Waals surface area contributed by atoms with Gasteiger partial charge in [0.15, 0.2) is 0 Å². The van der Waals surface area contributed by atoms with Crippen molar-refractivity contribution in [3.05, 3.63) is 59.7 Å². The molecule has 2 aliphatic rings. The molecule has 2 amide bonds. The van der Waals surface area contributed by atoms with Crippen LogP contribution < -0.4 is 10.0 Å². The molecule has 0 spiro atoms. The molecule has 0 saturated heterocycles. The van der Waals surface area contributed by atoms with Crippen LogP contribution in [0, 0.1) is 11.8 Å². The maximum atomic E-state index is 13.1. The van der Waals surface area contributed by atoms with E-state index < -0.39 is 10.0 Å². The summed E-state index contributed by atoms with van der Waals surface area (Å²) in [4.78, 5) is 26.3. The molecule has 1 aliphatic carbocycles. The molecule has 2 aromatic rings. The van der Waals surface area contributed by atoms with Crippen molar-refractivity contribution in [2.75, 3.05) is 18.4 Å². The van der Waals surface area contributed by atoms with E-state index in [0.29, 0.717) is 18.8 Å². The Hall–Kier alpha value is -2.71. The van der Waals surface area contributed by atoms with Crippen molar-refractivity contribution in [3.63, 3.8) is 0 Å². The Morgan fingerprint density at radius 1 is 0.970 bits per heavy atom. The number of rotatable bonds is 6. The van der Waals surface area contributed by atoms with Crippen molar-refractivity contribution >= 4 is 27.5 Å². The number of sulfonamides is 1. The first-order valence-corrected chi connectivity index (χ1v) is 13.0. The molecule has 1 saturated carbocycles. The quantitative estimate of drug-likeness (QED) is 0.679. The molecular weight excluding hydrogens is 438 g/mol. The van der Waals surface area contributed by atoms with Gasteiger partial charge >= 0.3 is 0 Å². The molecule has 1 aliphatic heterocycles. The summed E-state index contributed by atoms with van der Waals surface area (Å²) < 4.78 is 28.0. The summed E-state index contributed by atoms with van der Waals surface area (Å²) in [5.41, 5.74) is 3.13. The molecule has 1 fully saturated rings. The molecule has 0 radical (unpaired) electrons. The van der Waals surface area contributed by atoms with Crippen LogP contribution in [0.2, 0.25) is 0 Å².